The second-order valence-electron chi connectivity index (χ2n) is 23.7. The van der Waals surface area contributed by atoms with E-state index in [2.05, 4.69) is 118 Å². The van der Waals surface area contributed by atoms with E-state index in [-0.39, 0.29) is 105 Å². The fraction of sp³-hybridized carbons (Fsp3) is 0.250. The smallest absolute Gasteiger partial charge is 0.509 e. The second-order valence-corrected chi connectivity index (χ2v) is 23.7. The van der Waals surface area contributed by atoms with E-state index in [0.29, 0.717) is 44.7 Å². The van der Waals surface area contributed by atoms with Crippen LogP contribution < -0.4 is 13.9 Å². The maximum absolute atomic E-state index is 9.32. The molecule has 1 aliphatic heterocycles. The Balaban J connectivity index is 0.00000884. The van der Waals surface area contributed by atoms with Crippen LogP contribution in [-0.4, -0.2) is 15.6 Å². The van der Waals surface area contributed by atoms with Crippen molar-refractivity contribution in [3.8, 4) is 50.7 Å². The third-order valence-electron chi connectivity index (χ3n) is 15.5. The summed E-state index contributed by atoms with van der Waals surface area (Å²) in [6.07, 6.45) is 3.42. The molecule has 0 fully saturated rings. The molecule has 0 bridgehead atoms. The number of rotatable bonds is 8. The van der Waals surface area contributed by atoms with Crippen LogP contribution in [0.3, 0.4) is 0 Å². The Hall–Kier alpha value is -7.42. The van der Waals surface area contributed by atoms with Gasteiger partial charge in [-0.3, -0.25) is 0 Å². The number of pyridine rings is 1. The number of aromatic nitrogens is 2. The zero-order chi connectivity index (χ0) is 66.6. The number of fused-ring (bicyclic) bond motifs is 5. The van der Waals surface area contributed by atoms with Gasteiger partial charge in [0.15, 0.2) is 0 Å². The molecule has 0 atom stereocenters. The Kier molecular flexibility index (Phi) is 9.35. The Bertz CT molecular complexity index is 4820. The van der Waals surface area contributed by atoms with Crippen LogP contribution in [0.15, 0.2) is 170 Å². The predicted octanol–water partition coefficient (Wildman–Crippen LogP) is 19.0. The standard InChI is InChI=1S/C72H68N4O.Pt/c1-46-29-31-53(74-45-75(64-28-19-18-27-63(64)74)68-55(48-21-14-13-15-22-48)24-20-25-56(68)50-38-51(69(3,4)5)41-52(39-50)70(6,7)8)42-66(46)77-54-32-33-58-57-23-16-17-26-62(57)76(65(58)43-54)67-37-47(2)59(44-73-67)49-30-34-60-61(40-49)72(11,12)36-35-71(60,9)10;/h13-34,37-41,44H,35-36H2,1-12H3;/q;+2/i1D3,2D3,13D,14D,15D,16D,17D,21D,22D,23D,26D;. The summed E-state index contributed by atoms with van der Waals surface area (Å²) >= 11 is 0. The minimum absolute atomic E-state index is 0. The fourth-order valence-electron chi connectivity index (χ4n) is 10.9. The average Bonchev–Trinajstić information content (AvgIpc) is 1.63. The minimum Gasteiger partial charge on any atom is -0.509 e. The Morgan fingerprint density at radius 1 is 0.615 bits per heavy atom. The molecule has 12 rings (SSSR count). The van der Waals surface area contributed by atoms with E-state index in [0.717, 1.165) is 35.1 Å². The molecule has 0 saturated heterocycles. The average molecular weight is 1220 g/mol. The number of hydrogen-bond donors (Lipinski definition) is 0. The fourth-order valence-corrected chi connectivity index (χ4v) is 10.9. The molecular weight excluding hydrogens is 1130 g/mol. The van der Waals surface area contributed by atoms with E-state index in [1.165, 1.54) is 34.5 Å². The van der Waals surface area contributed by atoms with Gasteiger partial charge in [-0.1, -0.05) is 201 Å². The molecule has 0 radical (unpaired) electrons. The SMILES string of the molecule is [2H]c1c([2H])c([2H])c(-c2cccc(-c3cc(C(C)(C)C)cc(C(C)(C)C)c3)c2[N+]2=C=[N+](c3[c-]c(Oc4[c-]c5c(cc4)c4c([2H])c([2H])c([2H])c([2H])c4n5-c4cc(C([2H])([2H])[2H])c(-c5ccc6c(c5)C(C)(C)CCC6(C)C)cn4)c(C([2H])([2H])[2H])cc3)c3ccccc32)c([2H])c1[2H].[Pt+2]. The predicted molar refractivity (Wildman–Crippen MR) is 322 cm³/mol. The van der Waals surface area contributed by atoms with Crippen LogP contribution in [0.2, 0.25) is 0 Å². The first-order chi connectivity index (χ1) is 42.9. The van der Waals surface area contributed by atoms with Gasteiger partial charge in [-0.25, -0.2) is 4.98 Å². The molecule has 3 heterocycles. The molecule has 8 aromatic carbocycles. The van der Waals surface area contributed by atoms with Gasteiger partial charge < -0.3 is 9.30 Å². The third-order valence-corrected chi connectivity index (χ3v) is 15.5. The molecule has 6 heteroatoms. The normalized spacial score (nSPS) is 17.7. The molecule has 0 N–H and O–H groups in total. The molecule has 0 unspecified atom stereocenters. The molecule has 2 aromatic heterocycles. The van der Waals surface area contributed by atoms with Gasteiger partial charge in [-0.15, -0.1) is 23.1 Å². The van der Waals surface area contributed by atoms with Crippen molar-refractivity contribution in [2.45, 2.75) is 117 Å². The first-order valence-electron chi connectivity index (χ1n) is 33.6. The zero-order valence-electron chi connectivity index (χ0n) is 60.4. The molecule has 2 aliphatic rings. The van der Waals surface area contributed by atoms with Crippen LogP contribution in [0.5, 0.6) is 11.5 Å². The molecule has 78 heavy (non-hydrogen) atoms. The number of hydrogen-bond acceptors (Lipinski definition) is 2. The molecule has 1 aliphatic carbocycles. The van der Waals surface area contributed by atoms with Crippen molar-refractivity contribution in [1.29, 1.82) is 0 Å². The van der Waals surface area contributed by atoms with Crippen LogP contribution in [0, 0.1) is 25.8 Å². The summed E-state index contributed by atoms with van der Waals surface area (Å²) in [5, 5.41) is 0.414. The van der Waals surface area contributed by atoms with Gasteiger partial charge in [0.05, 0.1) is 23.5 Å². The van der Waals surface area contributed by atoms with Gasteiger partial charge in [0.2, 0.25) is 5.69 Å². The summed E-state index contributed by atoms with van der Waals surface area (Å²) in [6, 6.07) is 38.8. The van der Waals surface area contributed by atoms with Crippen molar-refractivity contribution in [2.75, 3.05) is 0 Å². The topological polar surface area (TPSA) is 33.1 Å². The molecule has 10 aromatic rings. The summed E-state index contributed by atoms with van der Waals surface area (Å²) < 4.78 is 145. The summed E-state index contributed by atoms with van der Waals surface area (Å²) in [5.41, 5.74) is 8.09. The molecule has 0 amide bonds. The van der Waals surface area contributed by atoms with E-state index in [9.17, 15) is 5.48 Å². The van der Waals surface area contributed by atoms with Gasteiger partial charge in [0, 0.05) is 49.1 Å². The zero-order valence-corrected chi connectivity index (χ0v) is 47.7. The van der Waals surface area contributed by atoms with Crippen molar-refractivity contribution in [2.24, 2.45) is 0 Å². The Morgan fingerprint density at radius 2 is 1.28 bits per heavy atom. The van der Waals surface area contributed by atoms with Gasteiger partial charge >= 0.3 is 27.1 Å². The molecular formula is C72H68N4OPt+2. The van der Waals surface area contributed by atoms with E-state index < -0.39 is 62.0 Å². The Labute approximate surface area is 497 Å². The number of para-hydroxylation sites is 4. The number of ether oxygens (including phenoxy) is 1. The first-order valence-corrected chi connectivity index (χ1v) is 26.1. The van der Waals surface area contributed by atoms with E-state index >= 15 is 0 Å². The molecule has 390 valence electrons. The van der Waals surface area contributed by atoms with Crippen LogP contribution in [-0.2, 0) is 42.7 Å². The van der Waals surface area contributed by atoms with Crippen LogP contribution in [0.1, 0.15) is 136 Å². The van der Waals surface area contributed by atoms with Gasteiger partial charge in [-0.05, 0) is 120 Å². The summed E-state index contributed by atoms with van der Waals surface area (Å²) in [4.78, 5) is 4.89. The summed E-state index contributed by atoms with van der Waals surface area (Å²) in [7, 11) is 0. The summed E-state index contributed by atoms with van der Waals surface area (Å²) in [6.45, 7) is 16.2. The van der Waals surface area contributed by atoms with Gasteiger partial charge in [0.25, 0.3) is 11.4 Å². The number of aryl methyl sites for hydroxylation is 2. The third kappa shape index (κ3) is 9.29. The van der Waals surface area contributed by atoms with Crippen molar-refractivity contribution >= 4 is 50.6 Å². The van der Waals surface area contributed by atoms with Crippen LogP contribution in [0.25, 0.3) is 61.0 Å². The second kappa shape index (κ2) is 19.5. The van der Waals surface area contributed by atoms with E-state index in [1.807, 2.05) is 42.5 Å². The van der Waals surface area contributed by atoms with E-state index in [4.69, 9.17) is 24.8 Å². The number of nitrogens with zero attached hydrogens (tertiary/aromatic N) is 4. The maximum atomic E-state index is 9.32. The van der Waals surface area contributed by atoms with Crippen molar-refractivity contribution < 1.29 is 46.4 Å². The first kappa shape index (κ1) is 37.4. The van der Waals surface area contributed by atoms with Crippen LogP contribution in [0.4, 0.5) is 22.7 Å². The Morgan fingerprint density at radius 3 is 1.99 bits per heavy atom. The maximum Gasteiger partial charge on any atom is 2.00 e. The van der Waals surface area contributed by atoms with Crippen LogP contribution >= 0.6 is 0 Å². The largest absolute Gasteiger partial charge is 2.00 e. The monoisotopic (exact) mass is 1210 g/mol. The molecule has 0 spiro atoms. The van der Waals surface area contributed by atoms with Gasteiger partial charge in [-0.2, -0.15) is 12.1 Å². The minimum atomic E-state index is -2.77. The van der Waals surface area contributed by atoms with Crippen molar-refractivity contribution in [3.05, 3.63) is 215 Å². The van der Waals surface area contributed by atoms with Crippen molar-refractivity contribution in [1.82, 2.24) is 18.7 Å². The quantitative estimate of drug-likeness (QED) is 0.112. The molecule has 5 nitrogen and oxygen atoms in total. The van der Waals surface area contributed by atoms with E-state index in [1.54, 1.807) is 27.4 Å². The number of benzene rings is 8. The summed E-state index contributed by atoms with van der Waals surface area (Å²) in [5.74, 6) is -0.269. The van der Waals surface area contributed by atoms with Crippen molar-refractivity contribution in [3.63, 3.8) is 0 Å². The molecule has 0 saturated carbocycles. The van der Waals surface area contributed by atoms with Gasteiger partial charge in [0.1, 0.15) is 11.5 Å².